The average Bonchev–Trinajstić information content (AvgIpc) is 3.43. The lowest BCUT2D eigenvalue weighted by atomic mass is 10.2. The first kappa shape index (κ1) is 26.4. The Morgan fingerprint density at radius 1 is 1.15 bits per heavy atom. The molecule has 206 valence electrons. The van der Waals surface area contributed by atoms with E-state index in [1.165, 1.54) is 65.2 Å². The van der Waals surface area contributed by atoms with E-state index in [0.717, 1.165) is 5.69 Å². The van der Waals surface area contributed by atoms with Gasteiger partial charge in [0.1, 0.15) is 17.7 Å². The maximum Gasteiger partial charge on any atom is 0.333 e. The SMILES string of the molecule is CCN1CCC1.COc1cc(C2CC2C(=O)Nc2cn3cc(-c4c(OC)cnn4C(F)F)ncc3n2)ncn1. The van der Waals surface area contributed by atoms with Gasteiger partial charge in [-0.1, -0.05) is 6.92 Å². The third-order valence-corrected chi connectivity index (χ3v) is 6.78. The van der Waals surface area contributed by atoms with Gasteiger partial charge in [-0.15, -0.1) is 0 Å². The van der Waals surface area contributed by atoms with Crippen LogP contribution in [-0.4, -0.2) is 78.8 Å². The molecule has 39 heavy (non-hydrogen) atoms. The predicted molar refractivity (Wildman–Crippen MR) is 137 cm³/mol. The van der Waals surface area contributed by atoms with Gasteiger partial charge in [-0.05, 0) is 32.5 Å². The molecule has 2 fully saturated rings. The first-order chi connectivity index (χ1) is 18.9. The number of anilines is 1. The number of hydrogen-bond acceptors (Lipinski definition) is 9. The van der Waals surface area contributed by atoms with E-state index in [9.17, 15) is 13.6 Å². The number of alkyl halides is 2. The van der Waals surface area contributed by atoms with Crippen LogP contribution in [0.2, 0.25) is 0 Å². The van der Waals surface area contributed by atoms with Crippen LogP contribution in [0.4, 0.5) is 14.6 Å². The number of aromatic nitrogens is 7. The molecule has 1 saturated heterocycles. The van der Waals surface area contributed by atoms with E-state index in [0.29, 0.717) is 28.4 Å². The highest BCUT2D eigenvalue weighted by Gasteiger charge is 2.45. The van der Waals surface area contributed by atoms with Crippen molar-refractivity contribution in [3.8, 4) is 23.0 Å². The van der Waals surface area contributed by atoms with Crippen LogP contribution in [0.3, 0.4) is 0 Å². The number of hydrogen-bond donors (Lipinski definition) is 1. The van der Waals surface area contributed by atoms with E-state index in [4.69, 9.17) is 9.47 Å². The largest absolute Gasteiger partial charge is 0.493 e. The van der Waals surface area contributed by atoms with E-state index in [1.807, 2.05) is 0 Å². The van der Waals surface area contributed by atoms with Crippen LogP contribution >= 0.6 is 0 Å². The molecule has 0 bridgehead atoms. The summed E-state index contributed by atoms with van der Waals surface area (Å²) in [5, 5.41) is 6.45. The van der Waals surface area contributed by atoms with Crippen molar-refractivity contribution < 1.29 is 23.0 Å². The molecule has 1 N–H and O–H groups in total. The molecule has 2 unspecified atom stereocenters. The monoisotopic (exact) mass is 541 g/mol. The molecule has 2 aliphatic rings. The van der Waals surface area contributed by atoms with Crippen LogP contribution in [0.5, 0.6) is 11.6 Å². The number of imidazole rings is 1. The van der Waals surface area contributed by atoms with Crippen LogP contribution in [-0.2, 0) is 4.79 Å². The minimum Gasteiger partial charge on any atom is -0.493 e. The van der Waals surface area contributed by atoms with Crippen molar-refractivity contribution in [3.05, 3.63) is 42.9 Å². The highest BCUT2D eigenvalue weighted by atomic mass is 19.3. The smallest absolute Gasteiger partial charge is 0.333 e. The zero-order valence-corrected chi connectivity index (χ0v) is 21.8. The number of ether oxygens (including phenoxy) is 2. The number of nitrogens with one attached hydrogen (secondary N) is 1. The lowest BCUT2D eigenvalue weighted by molar-refractivity contribution is -0.117. The summed E-state index contributed by atoms with van der Waals surface area (Å²) in [6.45, 7) is 3.28. The number of rotatable bonds is 8. The van der Waals surface area contributed by atoms with Gasteiger partial charge in [0.15, 0.2) is 17.2 Å². The summed E-state index contributed by atoms with van der Waals surface area (Å²) in [4.78, 5) is 31.9. The van der Waals surface area contributed by atoms with Gasteiger partial charge in [-0.3, -0.25) is 4.79 Å². The van der Waals surface area contributed by atoms with Crippen molar-refractivity contribution in [3.63, 3.8) is 0 Å². The Morgan fingerprint density at radius 2 is 1.97 bits per heavy atom. The van der Waals surface area contributed by atoms with Gasteiger partial charge in [0.25, 0.3) is 0 Å². The van der Waals surface area contributed by atoms with E-state index in [1.54, 1.807) is 16.7 Å². The lowest BCUT2D eigenvalue weighted by Crippen LogP contribution is -2.36. The Bertz CT molecular complexity index is 1450. The van der Waals surface area contributed by atoms with Crippen molar-refractivity contribution in [2.75, 3.05) is 39.2 Å². The minimum atomic E-state index is -2.86. The van der Waals surface area contributed by atoms with Crippen LogP contribution in [0.25, 0.3) is 17.0 Å². The summed E-state index contributed by atoms with van der Waals surface area (Å²) >= 11 is 0. The molecular formula is C25H29F2N9O3. The number of fused-ring (bicyclic) bond motifs is 1. The molecule has 4 aromatic heterocycles. The van der Waals surface area contributed by atoms with Crippen LogP contribution in [0.15, 0.2) is 37.2 Å². The fourth-order valence-electron chi connectivity index (χ4n) is 4.37. The maximum absolute atomic E-state index is 13.3. The zero-order valence-electron chi connectivity index (χ0n) is 21.8. The summed E-state index contributed by atoms with van der Waals surface area (Å²) in [7, 11) is 2.88. The van der Waals surface area contributed by atoms with Crippen molar-refractivity contribution in [1.29, 1.82) is 0 Å². The Balaban J connectivity index is 0.000000455. The fourth-order valence-corrected chi connectivity index (χ4v) is 4.37. The Hall–Kier alpha value is -4.20. The topological polar surface area (TPSA) is 125 Å². The molecule has 0 spiro atoms. The predicted octanol–water partition coefficient (Wildman–Crippen LogP) is 3.25. The molecule has 0 aromatic carbocycles. The van der Waals surface area contributed by atoms with E-state index in [2.05, 4.69) is 42.2 Å². The lowest BCUT2D eigenvalue weighted by Gasteiger charge is -2.28. The number of likely N-dealkylation sites (tertiary alicyclic amines) is 1. The molecule has 12 nitrogen and oxygen atoms in total. The van der Waals surface area contributed by atoms with Crippen LogP contribution in [0, 0.1) is 5.92 Å². The fraction of sp³-hybridized carbons (Fsp3) is 0.440. The highest BCUT2D eigenvalue weighted by Crippen LogP contribution is 2.47. The van der Waals surface area contributed by atoms with E-state index < -0.39 is 6.55 Å². The second kappa shape index (κ2) is 11.3. The molecule has 4 aromatic rings. The Morgan fingerprint density at radius 3 is 2.62 bits per heavy atom. The number of halogens is 2. The standard InChI is InChI=1S/C20H18F2N8O3.C5H11N/c1-32-14-5-26-30(20(21)22)18(14)13-7-29-8-15(27-16(29)6-23-13)28-19(31)11-3-10(11)12-4-17(33-2)25-9-24-12;1-2-6-4-3-5-6/h4-11,20H,3H2,1-2H3,(H,28,31);2-5H2,1H3. The second-order valence-corrected chi connectivity index (χ2v) is 9.16. The third kappa shape index (κ3) is 5.65. The summed E-state index contributed by atoms with van der Waals surface area (Å²) < 4.78 is 39.0. The van der Waals surface area contributed by atoms with Crippen LogP contribution in [0.1, 0.15) is 37.9 Å². The summed E-state index contributed by atoms with van der Waals surface area (Å²) in [6.07, 6.45) is 9.20. The maximum atomic E-state index is 13.3. The zero-order chi connectivity index (χ0) is 27.5. The van der Waals surface area contributed by atoms with Gasteiger partial charge in [-0.25, -0.2) is 19.9 Å². The second-order valence-electron chi connectivity index (χ2n) is 9.16. The van der Waals surface area contributed by atoms with Crippen molar-refractivity contribution in [2.24, 2.45) is 5.92 Å². The normalized spacial score (nSPS) is 18.3. The van der Waals surface area contributed by atoms with Crippen LogP contribution < -0.4 is 14.8 Å². The molecule has 1 aliphatic carbocycles. The number of methoxy groups -OCH3 is 2. The highest BCUT2D eigenvalue weighted by molar-refractivity contribution is 5.94. The first-order valence-corrected chi connectivity index (χ1v) is 12.6. The number of carbonyl (C=O) groups excluding carboxylic acids is 1. The first-order valence-electron chi connectivity index (χ1n) is 12.6. The third-order valence-electron chi connectivity index (χ3n) is 6.78. The quantitative estimate of drug-likeness (QED) is 0.358. The van der Waals surface area contributed by atoms with Gasteiger partial charge in [0.05, 0.1) is 38.5 Å². The molecule has 6 rings (SSSR count). The van der Waals surface area contributed by atoms with Crippen molar-refractivity contribution >= 4 is 17.4 Å². The summed E-state index contributed by atoms with van der Waals surface area (Å²) in [5.41, 5.74) is 1.43. The van der Waals surface area contributed by atoms with E-state index >= 15 is 0 Å². The Labute approximate surface area is 223 Å². The molecule has 2 atom stereocenters. The van der Waals surface area contributed by atoms with Crippen molar-refractivity contribution in [2.45, 2.75) is 32.2 Å². The molecule has 1 aliphatic heterocycles. The van der Waals surface area contributed by atoms with Gasteiger partial charge in [0, 0.05) is 24.1 Å². The minimum absolute atomic E-state index is 0.0192. The number of nitrogens with zero attached hydrogens (tertiary/aromatic N) is 8. The summed E-state index contributed by atoms with van der Waals surface area (Å²) in [6, 6.07) is 1.72. The molecule has 5 heterocycles. The number of carbonyl (C=O) groups is 1. The molecular weight excluding hydrogens is 512 g/mol. The Kier molecular flexibility index (Phi) is 7.63. The van der Waals surface area contributed by atoms with E-state index in [-0.39, 0.29) is 34.9 Å². The van der Waals surface area contributed by atoms with Gasteiger partial charge < -0.3 is 24.1 Å². The molecule has 14 heteroatoms. The average molecular weight is 542 g/mol. The van der Waals surface area contributed by atoms with Gasteiger partial charge in [-0.2, -0.15) is 18.6 Å². The van der Waals surface area contributed by atoms with Gasteiger partial charge >= 0.3 is 6.55 Å². The van der Waals surface area contributed by atoms with Crippen molar-refractivity contribution in [1.82, 2.24) is 39.0 Å². The molecule has 1 saturated carbocycles. The summed E-state index contributed by atoms with van der Waals surface area (Å²) in [5.74, 6) is 0.476. The molecule has 1 amide bonds. The molecule has 0 radical (unpaired) electrons. The van der Waals surface area contributed by atoms with Gasteiger partial charge in [0.2, 0.25) is 11.8 Å². The number of amides is 1.